The summed E-state index contributed by atoms with van der Waals surface area (Å²) >= 11 is 5.70. The van der Waals surface area contributed by atoms with Gasteiger partial charge in [-0.25, -0.2) is 7.23 Å². The first-order valence-electron chi connectivity index (χ1n) is 3.91. The highest BCUT2D eigenvalue weighted by molar-refractivity contribution is 9.07. The van der Waals surface area contributed by atoms with Gasteiger partial charge in [-0.2, -0.15) is 0 Å². The molecule has 0 saturated heterocycles. The molecule has 0 aromatic carbocycles. The van der Waals surface area contributed by atoms with Gasteiger partial charge in [0.2, 0.25) is 0 Å². The van der Waals surface area contributed by atoms with Crippen LogP contribution >= 0.6 is 41.1 Å². The standard InChI is InChI=1S/C6H11Br2O3P/c7-10-12(11-8)9-6-4-2-1-3-5-6/h6H,1-5H2. The Balaban J connectivity index is 2.18. The van der Waals surface area contributed by atoms with Gasteiger partial charge in [0, 0.05) is 0 Å². The molecule has 0 heterocycles. The molecule has 0 aromatic heterocycles. The van der Waals surface area contributed by atoms with E-state index >= 15 is 0 Å². The third kappa shape index (κ3) is 3.99. The largest absolute Gasteiger partial charge is 0.356 e. The Hall–Kier alpha value is 1.27. The van der Waals surface area contributed by atoms with Gasteiger partial charge in [-0.3, -0.25) is 0 Å². The Morgan fingerprint density at radius 2 is 1.58 bits per heavy atom. The van der Waals surface area contributed by atoms with Crippen molar-refractivity contribution >= 4 is 41.1 Å². The maximum atomic E-state index is 5.52. The predicted octanol–water partition coefficient (Wildman–Crippen LogP) is 4.22. The molecule has 6 heteroatoms. The second-order valence-electron chi connectivity index (χ2n) is 2.73. The summed E-state index contributed by atoms with van der Waals surface area (Å²) in [5, 5.41) is 0. The van der Waals surface area contributed by atoms with Crippen LogP contribution in [0, 0.1) is 0 Å². The molecule has 72 valence electrons. The molecule has 0 unspecified atom stereocenters. The van der Waals surface area contributed by atoms with E-state index in [2.05, 4.69) is 32.5 Å². The monoisotopic (exact) mass is 320 g/mol. The van der Waals surface area contributed by atoms with E-state index < -0.39 is 8.60 Å². The summed E-state index contributed by atoms with van der Waals surface area (Å²) in [5.41, 5.74) is 0. The lowest BCUT2D eigenvalue weighted by Crippen LogP contribution is -2.14. The van der Waals surface area contributed by atoms with Crippen LogP contribution < -0.4 is 0 Å². The normalized spacial score (nSPS) is 20.2. The lowest BCUT2D eigenvalue weighted by Gasteiger charge is -2.22. The summed E-state index contributed by atoms with van der Waals surface area (Å²) < 4.78 is 15.1. The maximum Gasteiger partial charge on any atom is 0.356 e. The van der Waals surface area contributed by atoms with Gasteiger partial charge < -0.3 is 4.52 Å². The summed E-state index contributed by atoms with van der Waals surface area (Å²) in [4.78, 5) is 0. The maximum absolute atomic E-state index is 5.52. The second kappa shape index (κ2) is 6.68. The lowest BCUT2D eigenvalue weighted by molar-refractivity contribution is 0.146. The lowest BCUT2D eigenvalue weighted by atomic mass is 9.98. The molecule has 3 nitrogen and oxygen atoms in total. The Bertz CT molecular complexity index is 117. The molecular formula is C6H11Br2O3P. The van der Waals surface area contributed by atoms with Crippen LogP contribution in [0.5, 0.6) is 0 Å². The minimum absolute atomic E-state index is 0.306. The van der Waals surface area contributed by atoms with Gasteiger partial charge in [-0.05, 0) is 12.8 Å². The van der Waals surface area contributed by atoms with Crippen LogP contribution in [0.15, 0.2) is 0 Å². The molecule has 0 spiro atoms. The zero-order chi connectivity index (χ0) is 8.81. The van der Waals surface area contributed by atoms with Gasteiger partial charge in [0.05, 0.1) is 6.10 Å². The summed E-state index contributed by atoms with van der Waals surface area (Å²) in [6, 6.07) is 0. The van der Waals surface area contributed by atoms with E-state index in [0.717, 1.165) is 12.8 Å². The zero-order valence-electron chi connectivity index (χ0n) is 6.54. The smallest absolute Gasteiger partial charge is 0.308 e. The second-order valence-corrected chi connectivity index (χ2v) is 5.40. The fourth-order valence-electron chi connectivity index (χ4n) is 1.34. The van der Waals surface area contributed by atoms with Crippen molar-refractivity contribution in [2.24, 2.45) is 0 Å². The first-order valence-corrected chi connectivity index (χ1v) is 6.30. The summed E-state index contributed by atoms with van der Waals surface area (Å²) in [5.74, 6) is 0. The molecule has 0 aromatic rings. The van der Waals surface area contributed by atoms with Crippen LogP contribution in [0.1, 0.15) is 32.1 Å². The Labute approximate surface area is 91.0 Å². The van der Waals surface area contributed by atoms with Gasteiger partial charge in [0.25, 0.3) is 0 Å². The van der Waals surface area contributed by atoms with Crippen molar-refractivity contribution in [1.29, 1.82) is 0 Å². The van der Waals surface area contributed by atoms with Gasteiger partial charge in [-0.15, -0.1) is 0 Å². The minimum Gasteiger partial charge on any atom is -0.308 e. The number of rotatable bonds is 4. The van der Waals surface area contributed by atoms with Crippen LogP contribution in [-0.4, -0.2) is 6.10 Å². The predicted molar refractivity (Wildman–Crippen MR) is 54.9 cm³/mol. The van der Waals surface area contributed by atoms with E-state index in [1.165, 1.54) is 19.3 Å². The average molecular weight is 322 g/mol. The van der Waals surface area contributed by atoms with Crippen LogP contribution in [-0.2, 0) is 11.8 Å². The zero-order valence-corrected chi connectivity index (χ0v) is 10.6. The van der Waals surface area contributed by atoms with Crippen LogP contribution in [0.3, 0.4) is 0 Å². The third-order valence-corrected chi connectivity index (χ3v) is 4.01. The van der Waals surface area contributed by atoms with Crippen molar-refractivity contribution in [1.82, 2.24) is 0 Å². The first kappa shape index (κ1) is 11.3. The molecule has 12 heavy (non-hydrogen) atoms. The quantitative estimate of drug-likeness (QED) is 0.726. The van der Waals surface area contributed by atoms with Crippen molar-refractivity contribution in [2.75, 3.05) is 0 Å². The summed E-state index contributed by atoms with van der Waals surface area (Å²) in [6.45, 7) is 0. The molecule has 0 bridgehead atoms. The molecule has 1 aliphatic rings. The Morgan fingerprint density at radius 1 is 1.00 bits per heavy atom. The summed E-state index contributed by atoms with van der Waals surface area (Å²) in [7, 11) is -1.25. The molecule has 0 atom stereocenters. The highest BCUT2D eigenvalue weighted by atomic mass is 79.9. The first-order chi connectivity index (χ1) is 5.86. The third-order valence-electron chi connectivity index (χ3n) is 1.90. The van der Waals surface area contributed by atoms with Crippen molar-refractivity contribution in [2.45, 2.75) is 38.2 Å². The Morgan fingerprint density at radius 3 is 2.08 bits per heavy atom. The van der Waals surface area contributed by atoms with Crippen molar-refractivity contribution in [3.05, 3.63) is 0 Å². The molecule has 0 radical (unpaired) electrons. The van der Waals surface area contributed by atoms with E-state index in [9.17, 15) is 0 Å². The van der Waals surface area contributed by atoms with E-state index in [1.807, 2.05) is 0 Å². The number of halogens is 2. The highest BCUT2D eigenvalue weighted by Gasteiger charge is 2.20. The van der Waals surface area contributed by atoms with Crippen molar-refractivity contribution < 1.29 is 11.8 Å². The van der Waals surface area contributed by atoms with Gasteiger partial charge >= 0.3 is 8.60 Å². The van der Waals surface area contributed by atoms with Crippen LogP contribution in [0.2, 0.25) is 0 Å². The van der Waals surface area contributed by atoms with Gasteiger partial charge in [0.1, 0.15) is 32.5 Å². The molecule has 1 rings (SSSR count). The van der Waals surface area contributed by atoms with Gasteiger partial charge in [0.15, 0.2) is 0 Å². The van der Waals surface area contributed by atoms with E-state index in [1.54, 1.807) is 0 Å². The molecule has 0 amide bonds. The van der Waals surface area contributed by atoms with Crippen LogP contribution in [0.4, 0.5) is 0 Å². The highest BCUT2D eigenvalue weighted by Crippen LogP contribution is 2.46. The molecule has 1 saturated carbocycles. The number of hydrogen-bond donors (Lipinski definition) is 0. The molecular weight excluding hydrogens is 311 g/mol. The molecule has 1 aliphatic carbocycles. The SMILES string of the molecule is BrOP(OBr)OC1CCCCC1. The topological polar surface area (TPSA) is 27.7 Å². The van der Waals surface area contributed by atoms with Crippen LogP contribution in [0.25, 0.3) is 0 Å². The summed E-state index contributed by atoms with van der Waals surface area (Å²) in [6.07, 6.45) is 6.36. The average Bonchev–Trinajstić information content (AvgIpc) is 2.16. The fraction of sp³-hybridized carbons (Fsp3) is 1.00. The van der Waals surface area contributed by atoms with Gasteiger partial charge in [-0.1, -0.05) is 19.3 Å². The Kier molecular flexibility index (Phi) is 6.32. The van der Waals surface area contributed by atoms with Crippen molar-refractivity contribution in [3.63, 3.8) is 0 Å². The van der Waals surface area contributed by atoms with E-state index in [-0.39, 0.29) is 0 Å². The minimum atomic E-state index is -1.25. The molecule has 1 fully saturated rings. The fourth-order valence-corrected chi connectivity index (χ4v) is 3.12. The molecule has 0 N–H and O–H groups in total. The van der Waals surface area contributed by atoms with E-state index in [0.29, 0.717) is 6.10 Å². The van der Waals surface area contributed by atoms with Crippen molar-refractivity contribution in [3.8, 4) is 0 Å². The number of hydrogen-bond acceptors (Lipinski definition) is 3. The molecule has 0 aliphatic heterocycles. The van der Waals surface area contributed by atoms with E-state index in [4.69, 9.17) is 11.8 Å².